The molecular formula is C26H23FN2O4S. The van der Waals surface area contributed by atoms with E-state index in [-0.39, 0.29) is 18.1 Å². The van der Waals surface area contributed by atoms with Crippen LogP contribution in [0, 0.1) is 5.82 Å². The van der Waals surface area contributed by atoms with E-state index >= 15 is 0 Å². The number of halogens is 1. The van der Waals surface area contributed by atoms with E-state index in [9.17, 15) is 14.0 Å². The first-order chi connectivity index (χ1) is 16.4. The number of hydrogen-bond donors (Lipinski definition) is 1. The van der Waals surface area contributed by atoms with Crippen molar-refractivity contribution in [3.05, 3.63) is 94.7 Å². The van der Waals surface area contributed by atoms with Crippen LogP contribution in [0.15, 0.2) is 72.8 Å². The maximum atomic E-state index is 13.4. The highest BCUT2D eigenvalue weighted by Gasteiger charge is 2.18. The van der Waals surface area contributed by atoms with Crippen molar-refractivity contribution in [2.75, 3.05) is 20.1 Å². The largest absolute Gasteiger partial charge is 0.486 e. The van der Waals surface area contributed by atoms with Gasteiger partial charge in [0.25, 0.3) is 0 Å². The average molecular weight is 479 g/mol. The summed E-state index contributed by atoms with van der Waals surface area (Å²) < 4.78 is 20.5. The zero-order valence-electron chi connectivity index (χ0n) is 18.5. The summed E-state index contributed by atoms with van der Waals surface area (Å²) in [5.74, 6) is -0.854. The van der Waals surface area contributed by atoms with Crippen molar-refractivity contribution in [3.8, 4) is 5.75 Å². The molecule has 4 rings (SSSR count). The fourth-order valence-electron chi connectivity index (χ4n) is 3.56. The Balaban J connectivity index is 1.48. The number of aliphatic carboxylic acids is 1. The van der Waals surface area contributed by atoms with E-state index in [0.717, 1.165) is 15.8 Å². The summed E-state index contributed by atoms with van der Waals surface area (Å²) in [6.45, 7) is 0.390. The summed E-state index contributed by atoms with van der Waals surface area (Å²) >= 11 is 1.36. The molecule has 0 amide bonds. The zero-order chi connectivity index (χ0) is 24.1. The van der Waals surface area contributed by atoms with Crippen LogP contribution in [0.5, 0.6) is 5.75 Å². The minimum absolute atomic E-state index is 0.0846. The van der Waals surface area contributed by atoms with Crippen molar-refractivity contribution in [3.63, 3.8) is 0 Å². The van der Waals surface area contributed by atoms with Crippen molar-refractivity contribution in [1.82, 2.24) is 9.88 Å². The molecule has 1 heterocycles. The smallest absolute Gasteiger partial charge is 0.317 e. The van der Waals surface area contributed by atoms with E-state index in [1.54, 1.807) is 48.3 Å². The Morgan fingerprint density at radius 3 is 2.44 bits per heavy atom. The van der Waals surface area contributed by atoms with Crippen LogP contribution in [-0.4, -0.2) is 46.9 Å². The molecule has 6 nitrogen and oxygen atoms in total. The van der Waals surface area contributed by atoms with Crippen LogP contribution in [0.1, 0.15) is 33.5 Å². The van der Waals surface area contributed by atoms with Crippen LogP contribution in [0.3, 0.4) is 0 Å². The van der Waals surface area contributed by atoms with Crippen molar-refractivity contribution < 1.29 is 23.8 Å². The van der Waals surface area contributed by atoms with E-state index in [0.29, 0.717) is 29.3 Å². The van der Waals surface area contributed by atoms with Crippen LogP contribution < -0.4 is 4.74 Å². The van der Waals surface area contributed by atoms with E-state index in [2.05, 4.69) is 4.98 Å². The van der Waals surface area contributed by atoms with E-state index in [4.69, 9.17) is 9.84 Å². The molecular weight excluding hydrogens is 455 g/mol. The van der Waals surface area contributed by atoms with Gasteiger partial charge in [0.05, 0.1) is 16.8 Å². The topological polar surface area (TPSA) is 79.7 Å². The van der Waals surface area contributed by atoms with Gasteiger partial charge in [0.15, 0.2) is 5.01 Å². The number of aromatic nitrogens is 1. The summed E-state index contributed by atoms with van der Waals surface area (Å²) in [5.41, 5.74) is 2.08. The number of para-hydroxylation sites is 1. The molecule has 174 valence electrons. The first kappa shape index (κ1) is 23.5. The molecule has 0 aliphatic rings. The maximum absolute atomic E-state index is 13.4. The molecule has 0 bridgehead atoms. The quantitative estimate of drug-likeness (QED) is 0.316. The summed E-state index contributed by atoms with van der Waals surface area (Å²) in [4.78, 5) is 29.9. The predicted octanol–water partition coefficient (Wildman–Crippen LogP) is 5.19. The SMILES string of the molecule is CN(CCC(Oc1ccc(C(=O)c2nc3ccccc3s2)cc1)c1ccc(F)cc1)CC(=O)O. The molecule has 0 fully saturated rings. The van der Waals surface area contributed by atoms with Gasteiger partial charge in [-0.15, -0.1) is 11.3 Å². The van der Waals surface area contributed by atoms with Gasteiger partial charge in [0.2, 0.25) is 5.78 Å². The molecule has 1 atom stereocenters. The lowest BCUT2D eigenvalue weighted by Crippen LogP contribution is -2.28. The van der Waals surface area contributed by atoms with E-state index in [1.165, 1.54) is 23.5 Å². The van der Waals surface area contributed by atoms with Crippen molar-refractivity contribution in [2.24, 2.45) is 0 Å². The minimum Gasteiger partial charge on any atom is -0.486 e. The Hall–Kier alpha value is -3.62. The standard InChI is InChI=1S/C26H23FN2O4S/c1-29(16-24(30)31)15-14-22(17-6-10-19(27)11-7-17)33-20-12-8-18(9-13-20)25(32)26-28-21-4-2-3-5-23(21)34-26/h2-13,22H,14-16H2,1H3,(H,30,31). The van der Waals surface area contributed by atoms with Crippen molar-refractivity contribution in [2.45, 2.75) is 12.5 Å². The first-order valence-corrected chi connectivity index (χ1v) is 11.5. The number of carbonyl (C=O) groups excluding carboxylic acids is 1. The van der Waals surface area contributed by atoms with E-state index in [1.807, 2.05) is 24.3 Å². The summed E-state index contributed by atoms with van der Waals surface area (Å²) in [5, 5.41) is 9.41. The lowest BCUT2D eigenvalue weighted by atomic mass is 10.1. The van der Waals surface area contributed by atoms with Crippen molar-refractivity contribution in [1.29, 1.82) is 0 Å². The molecule has 4 aromatic rings. The van der Waals surface area contributed by atoms with Gasteiger partial charge < -0.3 is 9.84 Å². The number of rotatable bonds is 10. The fraction of sp³-hybridized carbons (Fsp3) is 0.192. The van der Waals surface area contributed by atoms with Gasteiger partial charge in [0.1, 0.15) is 17.7 Å². The number of carboxylic acid groups (broad SMARTS) is 1. The van der Waals surface area contributed by atoms with Gasteiger partial charge >= 0.3 is 5.97 Å². The maximum Gasteiger partial charge on any atom is 0.317 e. The summed E-state index contributed by atoms with van der Waals surface area (Å²) in [6.07, 6.45) is 0.0876. The number of ketones is 1. The second kappa shape index (κ2) is 10.5. The normalized spacial score (nSPS) is 12.1. The second-order valence-electron chi connectivity index (χ2n) is 7.92. The fourth-order valence-corrected chi connectivity index (χ4v) is 4.49. The first-order valence-electron chi connectivity index (χ1n) is 10.7. The minimum atomic E-state index is -0.907. The van der Waals surface area contributed by atoms with Gasteiger partial charge in [-0.05, 0) is 61.1 Å². The molecule has 8 heteroatoms. The zero-order valence-corrected chi connectivity index (χ0v) is 19.3. The molecule has 1 unspecified atom stereocenters. The van der Waals surface area contributed by atoms with Gasteiger partial charge in [-0.25, -0.2) is 9.37 Å². The van der Waals surface area contributed by atoms with Crippen LogP contribution in [0.2, 0.25) is 0 Å². The number of carboxylic acids is 1. The molecule has 1 N–H and O–H groups in total. The lowest BCUT2D eigenvalue weighted by Gasteiger charge is -2.22. The lowest BCUT2D eigenvalue weighted by molar-refractivity contribution is -0.138. The Kier molecular flexibility index (Phi) is 7.30. The third-order valence-corrected chi connectivity index (χ3v) is 6.34. The summed E-state index contributed by atoms with van der Waals surface area (Å²) in [7, 11) is 1.72. The number of ether oxygens (including phenoxy) is 1. The molecule has 0 aliphatic carbocycles. The average Bonchev–Trinajstić information content (AvgIpc) is 3.26. The molecule has 0 saturated heterocycles. The second-order valence-corrected chi connectivity index (χ2v) is 8.95. The van der Waals surface area contributed by atoms with Crippen LogP contribution >= 0.6 is 11.3 Å². The van der Waals surface area contributed by atoms with Crippen LogP contribution in [-0.2, 0) is 4.79 Å². The highest BCUT2D eigenvalue weighted by molar-refractivity contribution is 7.20. The number of nitrogens with zero attached hydrogens (tertiary/aromatic N) is 2. The van der Waals surface area contributed by atoms with Gasteiger partial charge in [-0.1, -0.05) is 24.3 Å². The van der Waals surface area contributed by atoms with Crippen LogP contribution in [0.25, 0.3) is 10.2 Å². The third kappa shape index (κ3) is 5.84. The van der Waals surface area contributed by atoms with E-state index < -0.39 is 12.1 Å². The monoisotopic (exact) mass is 478 g/mol. The number of thiazole rings is 1. The summed E-state index contributed by atoms with van der Waals surface area (Å²) in [6, 6.07) is 20.5. The number of benzene rings is 3. The Morgan fingerprint density at radius 1 is 1.06 bits per heavy atom. The number of likely N-dealkylation sites (N-methyl/N-ethyl adjacent to an activating group) is 1. The number of carbonyl (C=O) groups is 2. The van der Waals surface area contributed by atoms with Gasteiger partial charge in [0, 0.05) is 18.5 Å². The highest BCUT2D eigenvalue weighted by atomic mass is 32.1. The molecule has 34 heavy (non-hydrogen) atoms. The van der Waals surface area contributed by atoms with Crippen molar-refractivity contribution >= 4 is 33.3 Å². The van der Waals surface area contributed by atoms with Gasteiger partial charge in [-0.2, -0.15) is 0 Å². The molecule has 1 aromatic heterocycles. The molecule has 0 aliphatic heterocycles. The molecule has 3 aromatic carbocycles. The Labute approximate surface area is 200 Å². The Bertz CT molecular complexity index is 1260. The molecule has 0 saturated carbocycles. The Morgan fingerprint density at radius 2 is 1.76 bits per heavy atom. The number of fused-ring (bicyclic) bond motifs is 1. The van der Waals surface area contributed by atoms with Crippen LogP contribution in [0.4, 0.5) is 4.39 Å². The highest BCUT2D eigenvalue weighted by Crippen LogP contribution is 2.28. The molecule has 0 radical (unpaired) electrons. The van der Waals surface area contributed by atoms with Gasteiger partial charge in [-0.3, -0.25) is 14.5 Å². The number of hydrogen-bond acceptors (Lipinski definition) is 6. The molecule has 0 spiro atoms. The third-order valence-electron chi connectivity index (χ3n) is 5.30. The predicted molar refractivity (Wildman–Crippen MR) is 129 cm³/mol.